The molecule has 0 aromatic heterocycles. The van der Waals surface area contributed by atoms with Gasteiger partial charge in [0.2, 0.25) is 0 Å². The second-order valence-electron chi connectivity index (χ2n) is 5.11. The Morgan fingerprint density at radius 2 is 1.87 bits per heavy atom. The number of carbonyl (C=O) groups excluding carboxylic acids is 1. The number of amides is 1. The van der Waals surface area contributed by atoms with Crippen LogP contribution in [0.25, 0.3) is 0 Å². The molecule has 0 spiro atoms. The molecule has 0 unspecified atom stereocenters. The van der Waals surface area contributed by atoms with Gasteiger partial charge in [0.1, 0.15) is 0 Å². The van der Waals surface area contributed by atoms with Gasteiger partial charge in [-0.3, -0.25) is 0 Å². The van der Waals surface area contributed by atoms with Crippen molar-refractivity contribution in [1.29, 1.82) is 0 Å². The molecule has 1 amide bonds. The van der Waals surface area contributed by atoms with E-state index in [2.05, 4.69) is 3.54 Å². The average molecular weight is 318 g/mol. The van der Waals surface area contributed by atoms with Gasteiger partial charge in [0.05, 0.1) is 0 Å². The number of hydrogen-bond acceptors (Lipinski definition) is 2. The van der Waals surface area contributed by atoms with E-state index in [-0.39, 0.29) is 11.7 Å². The molecule has 0 heterocycles. The normalized spacial score (nSPS) is 18.6. The third kappa shape index (κ3) is 6.28. The first-order chi connectivity index (χ1) is 6.97. The molecule has 0 aliphatic heterocycles. The van der Waals surface area contributed by atoms with Crippen LogP contribution in [-0.4, -0.2) is 33.1 Å². The number of hydrogen-bond donors (Lipinski definition) is 1. The molecule has 0 saturated heterocycles. The fourth-order valence-electron chi connectivity index (χ4n) is 1.71. The van der Waals surface area contributed by atoms with Crippen LogP contribution in [-0.2, 0) is 4.74 Å². The van der Waals surface area contributed by atoms with Gasteiger partial charge in [0.15, 0.2) is 0 Å². The number of nitrogens with one attached hydrogen (secondary N) is 1. The van der Waals surface area contributed by atoms with Gasteiger partial charge < -0.3 is 0 Å². The van der Waals surface area contributed by atoms with Gasteiger partial charge in [0.25, 0.3) is 0 Å². The Morgan fingerprint density at radius 3 is 2.40 bits per heavy atom. The van der Waals surface area contributed by atoms with Crippen molar-refractivity contribution in [2.24, 2.45) is 0 Å². The molecule has 86 valence electrons. The van der Waals surface area contributed by atoms with E-state index in [9.17, 15) is 4.79 Å². The van der Waals surface area contributed by atoms with E-state index in [0.717, 1.165) is 3.93 Å². The molecule has 1 rings (SSSR count). The number of rotatable bonds is 2. The van der Waals surface area contributed by atoms with Crippen LogP contribution in [0.5, 0.6) is 0 Å². The first kappa shape index (κ1) is 13.1. The van der Waals surface area contributed by atoms with Crippen LogP contribution in [0.1, 0.15) is 52.9 Å². The third-order valence-corrected chi connectivity index (χ3v) is 6.19. The van der Waals surface area contributed by atoms with Crippen LogP contribution in [0.3, 0.4) is 0 Å². The van der Waals surface area contributed by atoms with Crippen LogP contribution in [0.4, 0.5) is 4.79 Å². The Morgan fingerprint density at radius 1 is 1.27 bits per heavy atom. The van der Waals surface area contributed by atoms with Crippen molar-refractivity contribution < 1.29 is 9.53 Å². The minimum atomic E-state index is -0.755. The summed E-state index contributed by atoms with van der Waals surface area (Å²) in [7, 11) is 0. The monoisotopic (exact) mass is 319 g/mol. The van der Waals surface area contributed by atoms with E-state index in [0.29, 0.717) is 0 Å². The van der Waals surface area contributed by atoms with Crippen LogP contribution >= 0.6 is 0 Å². The molecule has 1 saturated carbocycles. The molecule has 0 bridgehead atoms. The van der Waals surface area contributed by atoms with E-state index in [1.165, 1.54) is 32.1 Å². The molecule has 0 aromatic carbocycles. The van der Waals surface area contributed by atoms with Gasteiger partial charge in [-0.25, -0.2) is 0 Å². The summed E-state index contributed by atoms with van der Waals surface area (Å²) in [5, 5.41) is 0. The van der Waals surface area contributed by atoms with E-state index in [4.69, 9.17) is 4.74 Å². The van der Waals surface area contributed by atoms with Crippen LogP contribution < -0.4 is 3.54 Å². The fourth-order valence-corrected chi connectivity index (χ4v) is 4.77. The van der Waals surface area contributed by atoms with E-state index < -0.39 is 21.4 Å². The zero-order valence-corrected chi connectivity index (χ0v) is 12.8. The number of ether oxygens (including phenoxy) is 1. The molecule has 0 aromatic rings. The SMILES string of the molecule is CC(C)(C)OC(=O)[NH][Sn][CH]1CCCCC1. The Balaban J connectivity index is 2.15. The number of carbonyl (C=O) groups is 1. The van der Waals surface area contributed by atoms with Crippen molar-refractivity contribution in [2.45, 2.75) is 62.4 Å². The molecular weight excluding hydrogens is 297 g/mol. The topological polar surface area (TPSA) is 38.3 Å². The molecule has 2 radical (unpaired) electrons. The van der Waals surface area contributed by atoms with E-state index in [1.54, 1.807) is 0 Å². The Kier molecular flexibility index (Phi) is 5.22. The summed E-state index contributed by atoms with van der Waals surface area (Å²) in [4.78, 5) is 11.4. The molecule has 1 aliphatic carbocycles. The molecule has 1 aliphatic rings. The van der Waals surface area contributed by atoms with Crippen molar-refractivity contribution in [2.75, 3.05) is 0 Å². The Labute approximate surface area is 103 Å². The maximum atomic E-state index is 11.4. The molecular formula is C11H21NO2Sn. The molecule has 1 N–H and O–H groups in total. The first-order valence-corrected chi connectivity index (χ1v) is 8.79. The van der Waals surface area contributed by atoms with Gasteiger partial charge >= 0.3 is 103 Å². The predicted octanol–water partition coefficient (Wildman–Crippen LogP) is 2.88. The van der Waals surface area contributed by atoms with Crippen molar-refractivity contribution in [1.82, 2.24) is 3.54 Å². The second kappa shape index (κ2) is 5.97. The summed E-state index contributed by atoms with van der Waals surface area (Å²) in [6, 6.07) is 0. The molecule has 0 atom stereocenters. The zero-order valence-electron chi connectivity index (χ0n) is 9.93. The maximum absolute atomic E-state index is 11.4. The van der Waals surface area contributed by atoms with Crippen LogP contribution in [0.15, 0.2) is 0 Å². The van der Waals surface area contributed by atoms with E-state index >= 15 is 0 Å². The van der Waals surface area contributed by atoms with Crippen molar-refractivity contribution in [3.63, 3.8) is 0 Å². The predicted molar refractivity (Wildman–Crippen MR) is 62.0 cm³/mol. The van der Waals surface area contributed by atoms with Crippen molar-refractivity contribution in [3.05, 3.63) is 0 Å². The fraction of sp³-hybridized carbons (Fsp3) is 0.909. The summed E-state index contributed by atoms with van der Waals surface area (Å²) >= 11 is -0.755. The molecule has 4 heteroatoms. The van der Waals surface area contributed by atoms with Crippen molar-refractivity contribution in [3.8, 4) is 0 Å². The van der Waals surface area contributed by atoms with Gasteiger partial charge in [-0.2, -0.15) is 0 Å². The quantitative estimate of drug-likeness (QED) is 0.795. The standard InChI is InChI=1S/C6H11.C5H11NO2.Sn/c1-2-4-6-5-3-1;1-5(2,3)8-4(6)7;/h1H,2-6H2;1-3H3,(H2,6,7);/q;;+1/p-1. The Bertz CT molecular complexity index is 207. The minimum absolute atomic E-state index is 0.209. The summed E-state index contributed by atoms with van der Waals surface area (Å²) in [5.74, 6) is 0. The molecule has 3 nitrogen and oxygen atoms in total. The molecule has 1 fully saturated rings. The van der Waals surface area contributed by atoms with Crippen LogP contribution in [0.2, 0.25) is 3.93 Å². The Hall–Kier alpha value is 0.0687. The summed E-state index contributed by atoms with van der Waals surface area (Å²) in [6.07, 6.45) is 6.51. The summed E-state index contributed by atoms with van der Waals surface area (Å²) < 4.78 is 9.07. The van der Waals surface area contributed by atoms with Gasteiger partial charge in [0, 0.05) is 0 Å². The zero-order chi connectivity index (χ0) is 11.3. The average Bonchev–Trinajstić information content (AvgIpc) is 2.14. The van der Waals surface area contributed by atoms with Crippen molar-refractivity contribution >= 4 is 27.5 Å². The van der Waals surface area contributed by atoms with E-state index in [1.807, 2.05) is 20.8 Å². The van der Waals surface area contributed by atoms with Gasteiger partial charge in [-0.15, -0.1) is 0 Å². The summed E-state index contributed by atoms with van der Waals surface area (Å²) in [5.41, 5.74) is -0.365. The third-order valence-electron chi connectivity index (χ3n) is 2.38. The first-order valence-electron chi connectivity index (χ1n) is 5.72. The van der Waals surface area contributed by atoms with Crippen LogP contribution in [0, 0.1) is 0 Å². The van der Waals surface area contributed by atoms with Gasteiger partial charge in [-0.1, -0.05) is 0 Å². The summed E-state index contributed by atoms with van der Waals surface area (Å²) in [6.45, 7) is 5.70. The second-order valence-corrected chi connectivity index (χ2v) is 8.97. The molecule has 15 heavy (non-hydrogen) atoms. The van der Waals surface area contributed by atoms with Gasteiger partial charge in [-0.05, 0) is 0 Å².